The van der Waals surface area contributed by atoms with Crippen LogP contribution in [-0.4, -0.2) is 18.0 Å². The highest BCUT2D eigenvalue weighted by molar-refractivity contribution is 6.42. The molecule has 0 bridgehead atoms. The minimum absolute atomic E-state index is 0.303. The zero-order valence-electron chi connectivity index (χ0n) is 16.9. The molecule has 0 aliphatic rings. The van der Waals surface area contributed by atoms with Crippen molar-refractivity contribution in [3.05, 3.63) is 92.4 Å². The summed E-state index contributed by atoms with van der Waals surface area (Å²) < 4.78 is 5.75. The SMILES string of the molecule is Cc1ccc(NC(=O)C(=O)N/N=C\c2cccc(OCc3ccc(Cl)c(Cl)c3)c2)cc1Cl. The summed E-state index contributed by atoms with van der Waals surface area (Å²) in [5.41, 5.74) is 5.00. The third-order valence-electron chi connectivity index (χ3n) is 4.26. The van der Waals surface area contributed by atoms with Gasteiger partial charge >= 0.3 is 11.8 Å². The second kappa shape index (κ2) is 11.0. The van der Waals surface area contributed by atoms with Crippen LogP contribution in [0.1, 0.15) is 16.7 Å². The van der Waals surface area contributed by atoms with Crippen LogP contribution >= 0.6 is 34.8 Å². The number of hydrazone groups is 1. The van der Waals surface area contributed by atoms with E-state index in [1.165, 1.54) is 6.21 Å². The fraction of sp³-hybridized carbons (Fsp3) is 0.0870. The molecule has 0 fully saturated rings. The van der Waals surface area contributed by atoms with Crippen molar-refractivity contribution in [1.29, 1.82) is 0 Å². The maximum Gasteiger partial charge on any atom is 0.329 e. The number of benzene rings is 3. The summed E-state index contributed by atoms with van der Waals surface area (Å²) in [5.74, 6) is -1.17. The summed E-state index contributed by atoms with van der Waals surface area (Å²) in [7, 11) is 0. The Bertz CT molecular complexity index is 1180. The first-order valence-corrected chi connectivity index (χ1v) is 10.5. The number of halogens is 3. The van der Waals surface area contributed by atoms with Crippen molar-refractivity contribution in [3.63, 3.8) is 0 Å². The van der Waals surface area contributed by atoms with Crippen molar-refractivity contribution in [3.8, 4) is 5.75 Å². The molecular weight excluding hydrogens is 473 g/mol. The first-order valence-electron chi connectivity index (χ1n) is 9.39. The molecule has 0 aliphatic carbocycles. The largest absolute Gasteiger partial charge is 0.489 e. The Balaban J connectivity index is 1.53. The average Bonchev–Trinajstić information content (AvgIpc) is 2.77. The first-order chi connectivity index (χ1) is 15.3. The molecule has 0 aliphatic heterocycles. The minimum atomic E-state index is -0.912. The van der Waals surface area contributed by atoms with Gasteiger partial charge in [0.1, 0.15) is 12.4 Å². The number of hydrogen-bond acceptors (Lipinski definition) is 4. The maximum atomic E-state index is 12.0. The van der Waals surface area contributed by atoms with Gasteiger partial charge in [-0.05, 0) is 60.0 Å². The standard InChI is InChI=1S/C23H18Cl3N3O3/c1-14-5-7-17(11-20(14)25)28-22(30)23(31)29-27-12-15-3-2-4-18(9-15)32-13-16-6-8-19(24)21(26)10-16/h2-12H,13H2,1H3,(H,28,30)(H,29,31)/b27-12-. The van der Waals surface area contributed by atoms with Crippen LogP contribution in [-0.2, 0) is 16.2 Å². The Morgan fingerprint density at radius 2 is 1.75 bits per heavy atom. The van der Waals surface area contributed by atoms with Gasteiger partial charge in [-0.3, -0.25) is 9.59 Å². The van der Waals surface area contributed by atoms with Gasteiger partial charge in [0.05, 0.1) is 16.3 Å². The molecule has 0 heterocycles. The smallest absolute Gasteiger partial charge is 0.329 e. The minimum Gasteiger partial charge on any atom is -0.489 e. The maximum absolute atomic E-state index is 12.0. The third kappa shape index (κ3) is 6.72. The third-order valence-corrected chi connectivity index (χ3v) is 5.41. The van der Waals surface area contributed by atoms with Crippen LogP contribution in [0, 0.1) is 6.92 Å². The van der Waals surface area contributed by atoms with E-state index in [4.69, 9.17) is 39.5 Å². The van der Waals surface area contributed by atoms with E-state index in [0.717, 1.165) is 11.1 Å². The van der Waals surface area contributed by atoms with Crippen LogP contribution in [0.25, 0.3) is 0 Å². The monoisotopic (exact) mass is 489 g/mol. The molecular formula is C23H18Cl3N3O3. The van der Waals surface area contributed by atoms with Gasteiger partial charge in [-0.1, -0.05) is 59.1 Å². The van der Waals surface area contributed by atoms with Gasteiger partial charge in [0.2, 0.25) is 0 Å². The number of ether oxygens (including phenoxy) is 1. The molecule has 32 heavy (non-hydrogen) atoms. The van der Waals surface area contributed by atoms with Crippen molar-refractivity contribution in [1.82, 2.24) is 5.43 Å². The number of rotatable bonds is 6. The lowest BCUT2D eigenvalue weighted by atomic mass is 10.2. The van der Waals surface area contributed by atoms with E-state index in [9.17, 15) is 9.59 Å². The zero-order valence-corrected chi connectivity index (χ0v) is 19.1. The predicted molar refractivity (Wildman–Crippen MR) is 128 cm³/mol. The van der Waals surface area contributed by atoms with E-state index in [0.29, 0.717) is 38.7 Å². The Morgan fingerprint density at radius 1 is 0.938 bits per heavy atom. The number of nitrogens with one attached hydrogen (secondary N) is 2. The Kier molecular flexibility index (Phi) is 8.11. The number of carbonyl (C=O) groups is 2. The lowest BCUT2D eigenvalue weighted by molar-refractivity contribution is -0.136. The van der Waals surface area contributed by atoms with Crippen molar-refractivity contribution in [2.75, 3.05) is 5.32 Å². The summed E-state index contributed by atoms with van der Waals surface area (Å²) in [5, 5.41) is 7.70. The first kappa shape index (κ1) is 23.6. The van der Waals surface area contributed by atoms with Crippen LogP contribution in [0.5, 0.6) is 5.75 Å². The normalized spacial score (nSPS) is 10.8. The molecule has 2 N–H and O–H groups in total. The summed E-state index contributed by atoms with van der Waals surface area (Å²) in [6.07, 6.45) is 1.40. The number of anilines is 1. The number of amides is 2. The molecule has 0 saturated carbocycles. The molecule has 6 nitrogen and oxygen atoms in total. The van der Waals surface area contributed by atoms with Crippen molar-refractivity contribution < 1.29 is 14.3 Å². The Morgan fingerprint density at radius 3 is 2.50 bits per heavy atom. The van der Waals surface area contributed by atoms with Gasteiger partial charge in [0.25, 0.3) is 0 Å². The number of carbonyl (C=O) groups excluding carboxylic acids is 2. The predicted octanol–water partition coefficient (Wildman–Crippen LogP) is 5.62. The second-order valence-corrected chi connectivity index (χ2v) is 7.95. The summed E-state index contributed by atoms with van der Waals surface area (Å²) >= 11 is 17.9. The van der Waals surface area contributed by atoms with Gasteiger partial charge in [-0.15, -0.1) is 0 Å². The lowest BCUT2D eigenvalue weighted by Crippen LogP contribution is -2.32. The molecule has 164 valence electrons. The van der Waals surface area contributed by atoms with Gasteiger partial charge in [-0.2, -0.15) is 5.10 Å². The number of aryl methyl sites for hydroxylation is 1. The number of hydrogen-bond donors (Lipinski definition) is 2. The van der Waals surface area contributed by atoms with Crippen LogP contribution in [0.4, 0.5) is 5.69 Å². The Hall–Kier alpha value is -3.06. The van der Waals surface area contributed by atoms with E-state index >= 15 is 0 Å². The highest BCUT2D eigenvalue weighted by atomic mass is 35.5. The van der Waals surface area contributed by atoms with Crippen LogP contribution < -0.4 is 15.5 Å². The van der Waals surface area contributed by atoms with E-state index in [1.54, 1.807) is 54.6 Å². The van der Waals surface area contributed by atoms with E-state index in [2.05, 4.69) is 15.8 Å². The lowest BCUT2D eigenvalue weighted by Gasteiger charge is -2.08. The fourth-order valence-corrected chi connectivity index (χ4v) is 3.06. The van der Waals surface area contributed by atoms with Gasteiger partial charge in [0.15, 0.2) is 0 Å². The van der Waals surface area contributed by atoms with Gasteiger partial charge in [-0.25, -0.2) is 5.43 Å². The van der Waals surface area contributed by atoms with Crippen LogP contribution in [0.15, 0.2) is 65.8 Å². The zero-order chi connectivity index (χ0) is 23.1. The van der Waals surface area contributed by atoms with Gasteiger partial charge in [0, 0.05) is 10.7 Å². The topological polar surface area (TPSA) is 79.8 Å². The summed E-state index contributed by atoms with van der Waals surface area (Å²) in [6, 6.07) is 17.3. The molecule has 2 amide bonds. The molecule has 3 aromatic rings. The van der Waals surface area contributed by atoms with E-state index in [1.807, 2.05) is 13.0 Å². The summed E-state index contributed by atoms with van der Waals surface area (Å²) in [6.45, 7) is 2.14. The van der Waals surface area contributed by atoms with E-state index in [-0.39, 0.29) is 0 Å². The van der Waals surface area contributed by atoms with Crippen molar-refractivity contribution in [2.24, 2.45) is 5.10 Å². The highest BCUT2D eigenvalue weighted by Gasteiger charge is 2.13. The van der Waals surface area contributed by atoms with E-state index < -0.39 is 11.8 Å². The second-order valence-electron chi connectivity index (χ2n) is 6.73. The molecule has 0 saturated heterocycles. The summed E-state index contributed by atoms with van der Waals surface area (Å²) in [4.78, 5) is 23.9. The molecule has 3 aromatic carbocycles. The quantitative estimate of drug-likeness (QED) is 0.267. The molecule has 3 rings (SSSR count). The molecule has 0 aromatic heterocycles. The van der Waals surface area contributed by atoms with Crippen LogP contribution in [0.3, 0.4) is 0 Å². The molecule has 0 atom stereocenters. The number of nitrogens with zero attached hydrogens (tertiary/aromatic N) is 1. The van der Waals surface area contributed by atoms with Crippen molar-refractivity contribution in [2.45, 2.75) is 13.5 Å². The average molecular weight is 491 g/mol. The molecule has 0 spiro atoms. The molecule has 0 unspecified atom stereocenters. The Labute approximate surface area is 200 Å². The van der Waals surface area contributed by atoms with Crippen molar-refractivity contribution >= 4 is 58.5 Å². The highest BCUT2D eigenvalue weighted by Crippen LogP contribution is 2.23. The molecule has 0 radical (unpaired) electrons. The van der Waals surface area contributed by atoms with Gasteiger partial charge < -0.3 is 10.1 Å². The fourth-order valence-electron chi connectivity index (χ4n) is 2.56. The molecule has 9 heteroatoms. The van der Waals surface area contributed by atoms with Crippen LogP contribution in [0.2, 0.25) is 15.1 Å².